The third-order valence-corrected chi connectivity index (χ3v) is 5.82. The van der Waals surface area contributed by atoms with Gasteiger partial charge in [0, 0.05) is 39.4 Å². The third kappa shape index (κ3) is 4.88. The molecule has 1 unspecified atom stereocenters. The number of ether oxygens (including phenoxy) is 1. The number of aromatic nitrogens is 2. The van der Waals surface area contributed by atoms with Crippen LogP contribution in [0.2, 0.25) is 0 Å². The van der Waals surface area contributed by atoms with Crippen LogP contribution in [0.25, 0.3) is 5.65 Å². The lowest BCUT2D eigenvalue weighted by molar-refractivity contribution is -0.146. The lowest BCUT2D eigenvalue weighted by atomic mass is 10.1. The van der Waals surface area contributed by atoms with Gasteiger partial charge in [-0.1, -0.05) is 36.4 Å². The first-order valence-corrected chi connectivity index (χ1v) is 10.8. The SMILES string of the molecule is COC(=O)CC1C(=O)NCCN1Cc1c(C(=O)N(C)Cc2ccccc2)nc2ccccn12. The van der Waals surface area contributed by atoms with E-state index in [-0.39, 0.29) is 18.2 Å². The molecule has 2 amide bonds. The molecule has 1 aliphatic heterocycles. The van der Waals surface area contributed by atoms with Crippen molar-refractivity contribution in [1.29, 1.82) is 0 Å². The van der Waals surface area contributed by atoms with Crippen LogP contribution in [0.1, 0.15) is 28.2 Å². The van der Waals surface area contributed by atoms with E-state index in [1.165, 1.54) is 7.11 Å². The minimum Gasteiger partial charge on any atom is -0.469 e. The van der Waals surface area contributed by atoms with Crippen LogP contribution in [-0.2, 0) is 27.4 Å². The Bertz CT molecular complexity index is 1160. The van der Waals surface area contributed by atoms with Crippen molar-refractivity contribution in [3.8, 4) is 0 Å². The minimum absolute atomic E-state index is 0.0593. The van der Waals surface area contributed by atoms with Gasteiger partial charge in [-0.15, -0.1) is 0 Å². The molecule has 3 heterocycles. The fraction of sp³-hybridized carbons (Fsp3) is 0.333. The molecule has 1 aromatic carbocycles. The van der Waals surface area contributed by atoms with Gasteiger partial charge in [-0.05, 0) is 17.7 Å². The van der Waals surface area contributed by atoms with Crippen LogP contribution in [0.5, 0.6) is 0 Å². The molecule has 1 N–H and O–H groups in total. The fourth-order valence-corrected chi connectivity index (χ4v) is 4.09. The molecule has 2 aromatic heterocycles. The molecule has 1 saturated heterocycles. The van der Waals surface area contributed by atoms with Gasteiger partial charge in [0.25, 0.3) is 5.91 Å². The van der Waals surface area contributed by atoms with Gasteiger partial charge in [-0.2, -0.15) is 0 Å². The van der Waals surface area contributed by atoms with Gasteiger partial charge in [-0.25, -0.2) is 4.98 Å². The number of nitrogens with zero attached hydrogens (tertiary/aromatic N) is 4. The van der Waals surface area contributed by atoms with Crippen LogP contribution in [0, 0.1) is 0 Å². The van der Waals surface area contributed by atoms with Gasteiger partial charge in [0.2, 0.25) is 5.91 Å². The van der Waals surface area contributed by atoms with Crippen molar-refractivity contribution in [2.45, 2.75) is 25.6 Å². The molecule has 33 heavy (non-hydrogen) atoms. The molecule has 4 rings (SSSR count). The van der Waals surface area contributed by atoms with Crippen LogP contribution in [0.3, 0.4) is 0 Å². The van der Waals surface area contributed by atoms with Gasteiger partial charge in [0.1, 0.15) is 11.7 Å². The maximum Gasteiger partial charge on any atom is 0.307 e. The lowest BCUT2D eigenvalue weighted by Gasteiger charge is -2.34. The zero-order valence-electron chi connectivity index (χ0n) is 18.7. The molecule has 9 nitrogen and oxygen atoms in total. The zero-order valence-corrected chi connectivity index (χ0v) is 18.7. The Balaban J connectivity index is 1.65. The summed E-state index contributed by atoms with van der Waals surface area (Å²) in [4.78, 5) is 46.0. The van der Waals surface area contributed by atoms with E-state index in [1.54, 1.807) is 11.9 Å². The van der Waals surface area contributed by atoms with Gasteiger partial charge in [-0.3, -0.25) is 19.3 Å². The molecule has 1 atom stereocenters. The van der Waals surface area contributed by atoms with Crippen molar-refractivity contribution >= 4 is 23.4 Å². The zero-order chi connectivity index (χ0) is 23.4. The summed E-state index contributed by atoms with van der Waals surface area (Å²) >= 11 is 0. The second kappa shape index (κ2) is 9.83. The van der Waals surface area contributed by atoms with E-state index in [2.05, 4.69) is 10.3 Å². The minimum atomic E-state index is -0.675. The van der Waals surface area contributed by atoms with Crippen LogP contribution in [0.4, 0.5) is 0 Å². The van der Waals surface area contributed by atoms with Crippen molar-refractivity contribution in [2.75, 3.05) is 27.2 Å². The van der Waals surface area contributed by atoms with Gasteiger partial charge >= 0.3 is 5.97 Å². The highest BCUT2D eigenvalue weighted by molar-refractivity contribution is 5.94. The van der Waals surface area contributed by atoms with E-state index in [0.29, 0.717) is 43.2 Å². The second-order valence-electron chi connectivity index (χ2n) is 8.04. The number of nitrogens with one attached hydrogen (secondary N) is 1. The summed E-state index contributed by atoms with van der Waals surface area (Å²) in [5, 5.41) is 2.81. The number of benzene rings is 1. The maximum absolute atomic E-state index is 13.4. The Labute approximate surface area is 192 Å². The first-order valence-electron chi connectivity index (χ1n) is 10.8. The van der Waals surface area contributed by atoms with E-state index in [9.17, 15) is 14.4 Å². The van der Waals surface area contributed by atoms with E-state index in [4.69, 9.17) is 4.74 Å². The van der Waals surface area contributed by atoms with E-state index < -0.39 is 12.0 Å². The topological polar surface area (TPSA) is 96.2 Å². The predicted molar refractivity (Wildman–Crippen MR) is 121 cm³/mol. The highest BCUT2D eigenvalue weighted by atomic mass is 16.5. The van der Waals surface area contributed by atoms with Crippen LogP contribution in [0.15, 0.2) is 54.7 Å². The standard InChI is InChI=1S/C24H27N5O4/c1-27(15-17-8-4-3-5-9-17)24(32)22-19(29-12-7-6-10-20(29)26-22)16-28-13-11-25-23(31)18(28)14-21(30)33-2/h3-10,12,18H,11,13-16H2,1-2H3,(H,25,31). The van der Waals surface area contributed by atoms with Gasteiger partial charge < -0.3 is 19.4 Å². The van der Waals surface area contributed by atoms with Crippen molar-refractivity contribution in [3.05, 3.63) is 71.7 Å². The highest BCUT2D eigenvalue weighted by Gasteiger charge is 2.34. The number of amides is 2. The number of hydrogen-bond acceptors (Lipinski definition) is 6. The predicted octanol–water partition coefficient (Wildman–Crippen LogP) is 1.47. The number of esters is 1. The maximum atomic E-state index is 13.4. The number of pyridine rings is 1. The number of methoxy groups -OCH3 is 1. The first-order chi connectivity index (χ1) is 16.0. The molecule has 0 aliphatic carbocycles. The molecule has 0 bridgehead atoms. The normalized spacial score (nSPS) is 16.4. The molecule has 3 aromatic rings. The summed E-state index contributed by atoms with van der Waals surface area (Å²) < 4.78 is 6.65. The number of rotatable bonds is 7. The molecule has 0 spiro atoms. The Hall–Kier alpha value is -3.72. The van der Waals surface area contributed by atoms with Crippen LogP contribution >= 0.6 is 0 Å². The largest absolute Gasteiger partial charge is 0.469 e. The first kappa shape index (κ1) is 22.5. The van der Waals surface area contributed by atoms with Crippen LogP contribution < -0.4 is 5.32 Å². The van der Waals surface area contributed by atoms with Gasteiger partial charge in [0.15, 0.2) is 5.69 Å². The Morgan fingerprint density at radius 3 is 2.70 bits per heavy atom. The number of carbonyl (C=O) groups is 3. The second-order valence-corrected chi connectivity index (χ2v) is 8.04. The van der Waals surface area contributed by atoms with Crippen molar-refractivity contribution in [1.82, 2.24) is 24.5 Å². The Morgan fingerprint density at radius 2 is 1.94 bits per heavy atom. The summed E-state index contributed by atoms with van der Waals surface area (Å²) in [6, 6.07) is 14.6. The number of hydrogen-bond donors (Lipinski definition) is 1. The summed E-state index contributed by atoms with van der Waals surface area (Å²) in [6.07, 6.45) is 1.79. The van der Waals surface area contributed by atoms with E-state index >= 15 is 0 Å². The molecule has 9 heteroatoms. The van der Waals surface area contributed by atoms with Crippen molar-refractivity contribution < 1.29 is 19.1 Å². The summed E-state index contributed by atoms with van der Waals surface area (Å²) in [7, 11) is 3.05. The van der Waals surface area contributed by atoms with Gasteiger partial charge in [0.05, 0.1) is 19.2 Å². The third-order valence-electron chi connectivity index (χ3n) is 5.82. The monoisotopic (exact) mass is 449 g/mol. The fourth-order valence-electron chi connectivity index (χ4n) is 4.09. The quantitative estimate of drug-likeness (QED) is 0.549. The molecular formula is C24H27N5O4. The molecule has 1 fully saturated rings. The summed E-state index contributed by atoms with van der Waals surface area (Å²) in [6.45, 7) is 1.75. The molecule has 1 aliphatic rings. The highest BCUT2D eigenvalue weighted by Crippen LogP contribution is 2.21. The number of carbonyl (C=O) groups excluding carboxylic acids is 3. The van der Waals surface area contributed by atoms with Crippen molar-refractivity contribution in [3.63, 3.8) is 0 Å². The number of imidazole rings is 1. The molecule has 0 saturated carbocycles. The number of fused-ring (bicyclic) bond motifs is 1. The smallest absolute Gasteiger partial charge is 0.307 e. The summed E-state index contributed by atoms with van der Waals surface area (Å²) in [5.74, 6) is -0.892. The molecule has 172 valence electrons. The van der Waals surface area contributed by atoms with Crippen molar-refractivity contribution in [2.24, 2.45) is 0 Å². The van der Waals surface area contributed by atoms with E-state index in [0.717, 1.165) is 5.56 Å². The molecular weight excluding hydrogens is 422 g/mol. The number of piperazine rings is 1. The Morgan fingerprint density at radius 1 is 1.18 bits per heavy atom. The Kier molecular flexibility index (Phi) is 6.69. The van der Waals surface area contributed by atoms with Crippen LogP contribution in [-0.4, -0.2) is 70.3 Å². The average molecular weight is 450 g/mol. The summed E-state index contributed by atoms with van der Waals surface area (Å²) in [5.41, 5.74) is 2.68. The van der Waals surface area contributed by atoms with E-state index in [1.807, 2.05) is 64.0 Å². The molecule has 0 radical (unpaired) electrons. The average Bonchev–Trinajstić information content (AvgIpc) is 3.19. The lowest BCUT2D eigenvalue weighted by Crippen LogP contribution is -2.55.